The third-order valence-corrected chi connectivity index (χ3v) is 1.83. The molecule has 13 heavy (non-hydrogen) atoms. The molecule has 0 aliphatic carbocycles. The number of rotatable bonds is 2. The summed E-state index contributed by atoms with van der Waals surface area (Å²) in [7, 11) is 0. The van der Waals surface area contributed by atoms with Gasteiger partial charge in [0.2, 0.25) is 0 Å². The predicted molar refractivity (Wildman–Crippen MR) is 53.1 cm³/mol. The maximum Gasteiger partial charge on any atom is 0.336 e. The minimum Gasteiger partial charge on any atom is -0.478 e. The first-order valence-electron chi connectivity index (χ1n) is 3.80. The van der Waals surface area contributed by atoms with Crippen LogP contribution in [0.25, 0.3) is 6.08 Å². The average Bonchev–Trinajstić information content (AvgIpc) is 2.08. The van der Waals surface area contributed by atoms with Crippen molar-refractivity contribution < 1.29 is 9.90 Å². The number of hydrogen-bond acceptors (Lipinski definition) is 1. The van der Waals surface area contributed by atoms with Gasteiger partial charge in [-0.25, -0.2) is 4.79 Å². The van der Waals surface area contributed by atoms with E-state index in [1.54, 1.807) is 24.3 Å². The van der Waals surface area contributed by atoms with Crippen LogP contribution in [0.1, 0.15) is 22.8 Å². The molecule has 0 aliphatic rings. The van der Waals surface area contributed by atoms with Gasteiger partial charge in [-0.1, -0.05) is 29.8 Å². The minimum atomic E-state index is -0.962. The number of aromatic carboxylic acids is 1. The summed E-state index contributed by atoms with van der Waals surface area (Å²) in [5.41, 5.74) is 0.894. The monoisotopic (exact) mass is 196 g/mol. The van der Waals surface area contributed by atoms with Gasteiger partial charge < -0.3 is 5.11 Å². The van der Waals surface area contributed by atoms with Gasteiger partial charge in [-0.3, -0.25) is 0 Å². The SMILES string of the molecule is C/C=C/c1ccc(Cl)cc1C(=O)O. The third kappa shape index (κ3) is 2.33. The highest BCUT2D eigenvalue weighted by molar-refractivity contribution is 6.31. The first-order valence-corrected chi connectivity index (χ1v) is 4.18. The Labute approximate surface area is 81.5 Å². The van der Waals surface area contributed by atoms with E-state index in [0.717, 1.165) is 0 Å². The van der Waals surface area contributed by atoms with Gasteiger partial charge in [0.05, 0.1) is 5.56 Å². The fourth-order valence-corrected chi connectivity index (χ4v) is 1.21. The fraction of sp³-hybridized carbons (Fsp3) is 0.100. The van der Waals surface area contributed by atoms with Crippen molar-refractivity contribution in [3.63, 3.8) is 0 Å². The van der Waals surface area contributed by atoms with Crippen molar-refractivity contribution in [2.45, 2.75) is 6.92 Å². The van der Waals surface area contributed by atoms with E-state index in [9.17, 15) is 4.79 Å². The van der Waals surface area contributed by atoms with Gasteiger partial charge >= 0.3 is 5.97 Å². The number of allylic oxidation sites excluding steroid dienone is 1. The Morgan fingerprint density at radius 2 is 2.23 bits per heavy atom. The molecule has 0 saturated carbocycles. The number of hydrogen-bond donors (Lipinski definition) is 1. The van der Waals surface area contributed by atoms with Gasteiger partial charge in [0.25, 0.3) is 0 Å². The molecule has 3 heteroatoms. The highest BCUT2D eigenvalue weighted by Gasteiger charge is 2.07. The van der Waals surface area contributed by atoms with Crippen LogP contribution in [0.15, 0.2) is 24.3 Å². The first-order chi connectivity index (χ1) is 6.15. The lowest BCUT2D eigenvalue weighted by molar-refractivity contribution is 0.0696. The maximum atomic E-state index is 10.8. The van der Waals surface area contributed by atoms with Crippen LogP contribution in [0.2, 0.25) is 5.02 Å². The zero-order valence-electron chi connectivity index (χ0n) is 7.12. The van der Waals surface area contributed by atoms with Crippen molar-refractivity contribution in [2.75, 3.05) is 0 Å². The third-order valence-electron chi connectivity index (χ3n) is 1.59. The van der Waals surface area contributed by atoms with Crippen LogP contribution in [-0.4, -0.2) is 11.1 Å². The molecule has 1 aromatic rings. The van der Waals surface area contributed by atoms with Crippen molar-refractivity contribution in [2.24, 2.45) is 0 Å². The lowest BCUT2D eigenvalue weighted by Gasteiger charge is -2.00. The van der Waals surface area contributed by atoms with Gasteiger partial charge in [-0.05, 0) is 24.6 Å². The molecule has 0 radical (unpaired) electrons. The van der Waals surface area contributed by atoms with Crippen LogP contribution in [-0.2, 0) is 0 Å². The van der Waals surface area contributed by atoms with Crippen molar-refractivity contribution in [3.8, 4) is 0 Å². The zero-order chi connectivity index (χ0) is 9.84. The number of carboxylic acids is 1. The lowest BCUT2D eigenvalue weighted by Crippen LogP contribution is -1.98. The number of carbonyl (C=O) groups is 1. The normalized spacial score (nSPS) is 10.6. The van der Waals surface area contributed by atoms with E-state index in [2.05, 4.69) is 0 Å². The molecule has 1 N–H and O–H groups in total. The Hall–Kier alpha value is -1.28. The van der Waals surface area contributed by atoms with Gasteiger partial charge in [-0.2, -0.15) is 0 Å². The molecule has 0 spiro atoms. The molecular weight excluding hydrogens is 188 g/mol. The summed E-state index contributed by atoms with van der Waals surface area (Å²) in [4.78, 5) is 10.8. The van der Waals surface area contributed by atoms with Crippen molar-refractivity contribution in [1.29, 1.82) is 0 Å². The summed E-state index contributed by atoms with van der Waals surface area (Å²) in [5, 5.41) is 9.26. The summed E-state index contributed by atoms with van der Waals surface area (Å²) >= 11 is 5.67. The highest BCUT2D eigenvalue weighted by atomic mass is 35.5. The number of benzene rings is 1. The molecule has 1 aromatic carbocycles. The standard InChI is InChI=1S/C10H9ClO2/c1-2-3-7-4-5-8(11)6-9(7)10(12)13/h2-6H,1H3,(H,12,13)/b3-2+. The molecule has 68 valence electrons. The van der Waals surface area contributed by atoms with Gasteiger partial charge in [0, 0.05) is 5.02 Å². The molecule has 0 atom stereocenters. The Balaban J connectivity index is 3.26. The Morgan fingerprint density at radius 3 is 2.77 bits per heavy atom. The molecular formula is C10H9ClO2. The van der Waals surface area contributed by atoms with Crippen LogP contribution >= 0.6 is 11.6 Å². The molecule has 0 unspecified atom stereocenters. The minimum absolute atomic E-state index is 0.227. The van der Waals surface area contributed by atoms with E-state index in [-0.39, 0.29) is 5.56 Å². The molecule has 0 aromatic heterocycles. The fourth-order valence-electron chi connectivity index (χ4n) is 1.04. The summed E-state index contributed by atoms with van der Waals surface area (Å²) in [6, 6.07) is 4.80. The number of carboxylic acid groups (broad SMARTS) is 1. The molecule has 0 bridgehead atoms. The Morgan fingerprint density at radius 1 is 1.54 bits per heavy atom. The molecule has 0 amide bonds. The quantitative estimate of drug-likeness (QED) is 0.790. The molecule has 1 rings (SSSR count). The van der Waals surface area contributed by atoms with Gasteiger partial charge in [-0.15, -0.1) is 0 Å². The zero-order valence-corrected chi connectivity index (χ0v) is 7.88. The van der Waals surface area contributed by atoms with Crippen LogP contribution in [0, 0.1) is 0 Å². The smallest absolute Gasteiger partial charge is 0.336 e. The molecule has 0 heterocycles. The van der Waals surface area contributed by atoms with E-state index in [1.165, 1.54) is 6.07 Å². The van der Waals surface area contributed by atoms with E-state index in [0.29, 0.717) is 10.6 Å². The van der Waals surface area contributed by atoms with E-state index >= 15 is 0 Å². The second-order valence-corrected chi connectivity index (χ2v) is 2.97. The second-order valence-electron chi connectivity index (χ2n) is 2.54. The van der Waals surface area contributed by atoms with Gasteiger partial charge in [0.15, 0.2) is 0 Å². The summed E-state index contributed by atoms with van der Waals surface area (Å²) < 4.78 is 0. The average molecular weight is 197 g/mol. The topological polar surface area (TPSA) is 37.3 Å². The van der Waals surface area contributed by atoms with Crippen molar-refractivity contribution in [1.82, 2.24) is 0 Å². The predicted octanol–water partition coefficient (Wildman–Crippen LogP) is 3.07. The maximum absolute atomic E-state index is 10.8. The molecule has 0 saturated heterocycles. The summed E-state index contributed by atoms with van der Waals surface area (Å²) in [5.74, 6) is -0.962. The van der Waals surface area contributed by atoms with Crippen molar-refractivity contribution in [3.05, 3.63) is 40.4 Å². The Kier molecular flexibility index (Phi) is 3.09. The second kappa shape index (κ2) is 4.10. The van der Waals surface area contributed by atoms with Crippen LogP contribution in [0.5, 0.6) is 0 Å². The Bertz CT molecular complexity index is 356. The highest BCUT2D eigenvalue weighted by Crippen LogP contribution is 2.17. The number of halogens is 1. The van der Waals surface area contributed by atoms with Crippen LogP contribution in [0.3, 0.4) is 0 Å². The van der Waals surface area contributed by atoms with Crippen molar-refractivity contribution >= 4 is 23.6 Å². The van der Waals surface area contributed by atoms with E-state index in [1.807, 2.05) is 6.92 Å². The van der Waals surface area contributed by atoms with Crippen LogP contribution in [0.4, 0.5) is 0 Å². The summed E-state index contributed by atoms with van der Waals surface area (Å²) in [6.45, 7) is 1.83. The largest absolute Gasteiger partial charge is 0.478 e. The summed E-state index contributed by atoms with van der Waals surface area (Å²) in [6.07, 6.45) is 3.52. The first kappa shape index (κ1) is 9.81. The lowest BCUT2D eigenvalue weighted by atomic mass is 10.1. The van der Waals surface area contributed by atoms with E-state index in [4.69, 9.17) is 16.7 Å². The molecule has 2 nitrogen and oxygen atoms in total. The molecule has 0 aliphatic heterocycles. The van der Waals surface area contributed by atoms with Gasteiger partial charge in [0.1, 0.15) is 0 Å². The van der Waals surface area contributed by atoms with Crippen LogP contribution < -0.4 is 0 Å². The van der Waals surface area contributed by atoms with E-state index < -0.39 is 5.97 Å². The molecule has 0 fully saturated rings.